The molecule has 3 unspecified atom stereocenters. The molecule has 1 aromatic heterocycles. The van der Waals surface area contributed by atoms with E-state index in [2.05, 4.69) is 26.8 Å². The summed E-state index contributed by atoms with van der Waals surface area (Å²) in [5.74, 6) is 1.32. The fourth-order valence-electron chi connectivity index (χ4n) is 3.19. The first-order valence-electron chi connectivity index (χ1n) is 6.86. The minimum absolute atomic E-state index is 0.228. The van der Waals surface area contributed by atoms with Crippen LogP contribution in [0.15, 0.2) is 6.07 Å². The monoisotopic (exact) mass is 252 g/mol. The number of aliphatic hydroxyl groups is 1. The third-order valence-electron chi connectivity index (χ3n) is 4.25. The SMILES string of the molecule is CCC1CCCC(C(O)c2cc(C)sc2C)C1. The quantitative estimate of drug-likeness (QED) is 0.832. The molecule has 1 N–H and O–H groups in total. The second kappa shape index (κ2) is 5.53. The average molecular weight is 252 g/mol. The Labute approximate surface area is 109 Å². The largest absolute Gasteiger partial charge is 0.388 e. The number of hydrogen-bond donors (Lipinski definition) is 1. The number of thiophene rings is 1. The third kappa shape index (κ3) is 2.92. The van der Waals surface area contributed by atoms with E-state index >= 15 is 0 Å². The zero-order valence-corrected chi connectivity index (χ0v) is 12.0. The first-order chi connectivity index (χ1) is 8.11. The van der Waals surface area contributed by atoms with Crippen molar-refractivity contribution in [3.8, 4) is 0 Å². The second-order valence-corrected chi connectivity index (χ2v) is 6.97. The summed E-state index contributed by atoms with van der Waals surface area (Å²) < 4.78 is 0. The molecule has 1 aromatic rings. The van der Waals surface area contributed by atoms with Gasteiger partial charge >= 0.3 is 0 Å². The molecule has 0 aliphatic heterocycles. The van der Waals surface area contributed by atoms with E-state index in [4.69, 9.17) is 0 Å². The minimum Gasteiger partial charge on any atom is -0.388 e. The van der Waals surface area contributed by atoms with Gasteiger partial charge in [-0.1, -0.05) is 26.2 Å². The van der Waals surface area contributed by atoms with Crippen LogP contribution in [0.1, 0.15) is 60.4 Å². The molecule has 17 heavy (non-hydrogen) atoms. The molecule has 0 saturated heterocycles. The summed E-state index contributed by atoms with van der Waals surface area (Å²) in [5, 5.41) is 10.6. The van der Waals surface area contributed by atoms with Gasteiger partial charge in [-0.15, -0.1) is 11.3 Å². The van der Waals surface area contributed by atoms with E-state index in [0.29, 0.717) is 5.92 Å². The third-order valence-corrected chi connectivity index (χ3v) is 5.23. The van der Waals surface area contributed by atoms with Crippen molar-refractivity contribution in [1.82, 2.24) is 0 Å². The van der Waals surface area contributed by atoms with E-state index in [-0.39, 0.29) is 6.10 Å². The van der Waals surface area contributed by atoms with Crippen molar-refractivity contribution >= 4 is 11.3 Å². The topological polar surface area (TPSA) is 20.2 Å². The first-order valence-corrected chi connectivity index (χ1v) is 7.68. The minimum atomic E-state index is -0.228. The summed E-state index contributed by atoms with van der Waals surface area (Å²) in [7, 11) is 0. The van der Waals surface area contributed by atoms with Crippen LogP contribution in [0.4, 0.5) is 0 Å². The van der Waals surface area contributed by atoms with Crippen LogP contribution < -0.4 is 0 Å². The molecule has 96 valence electrons. The Morgan fingerprint density at radius 3 is 2.76 bits per heavy atom. The predicted octanol–water partition coefficient (Wildman–Crippen LogP) is 4.61. The standard InChI is InChI=1S/C15H24OS/c1-4-12-6-5-7-13(9-12)15(16)14-8-10(2)17-11(14)3/h8,12-13,15-16H,4-7,9H2,1-3H3. The molecule has 0 amide bonds. The number of hydrogen-bond acceptors (Lipinski definition) is 2. The molecule has 1 fully saturated rings. The van der Waals surface area contributed by atoms with E-state index < -0.39 is 0 Å². The Hall–Kier alpha value is -0.340. The van der Waals surface area contributed by atoms with Gasteiger partial charge in [0.2, 0.25) is 0 Å². The molecule has 2 heteroatoms. The maximum Gasteiger partial charge on any atom is 0.0829 e. The fourth-order valence-corrected chi connectivity index (χ4v) is 4.15. The number of rotatable bonds is 3. The Morgan fingerprint density at radius 1 is 1.41 bits per heavy atom. The van der Waals surface area contributed by atoms with Crippen LogP contribution in [0, 0.1) is 25.7 Å². The molecular weight excluding hydrogens is 228 g/mol. The van der Waals surface area contributed by atoms with Gasteiger partial charge in [-0.3, -0.25) is 0 Å². The van der Waals surface area contributed by atoms with Gasteiger partial charge in [-0.25, -0.2) is 0 Å². The maximum atomic E-state index is 10.6. The Bertz CT molecular complexity index is 369. The predicted molar refractivity (Wildman–Crippen MR) is 74.5 cm³/mol. The van der Waals surface area contributed by atoms with Gasteiger partial charge < -0.3 is 5.11 Å². The summed E-state index contributed by atoms with van der Waals surface area (Å²) in [5.41, 5.74) is 1.19. The van der Waals surface area contributed by atoms with E-state index in [1.807, 2.05) is 11.3 Å². The second-order valence-electron chi connectivity index (χ2n) is 5.51. The van der Waals surface area contributed by atoms with Gasteiger partial charge in [-0.2, -0.15) is 0 Å². The summed E-state index contributed by atoms with van der Waals surface area (Å²) in [6.45, 7) is 6.54. The zero-order chi connectivity index (χ0) is 12.4. The highest BCUT2D eigenvalue weighted by atomic mass is 32.1. The Balaban J connectivity index is 2.08. The number of aliphatic hydroxyl groups excluding tert-OH is 1. The van der Waals surface area contributed by atoms with Crippen molar-refractivity contribution in [1.29, 1.82) is 0 Å². The summed E-state index contributed by atoms with van der Waals surface area (Å²) >= 11 is 1.81. The molecule has 1 saturated carbocycles. The van der Waals surface area contributed by atoms with Crippen LogP contribution in [0.2, 0.25) is 0 Å². The molecule has 1 nitrogen and oxygen atoms in total. The summed E-state index contributed by atoms with van der Waals surface area (Å²) in [6.07, 6.45) is 6.11. The highest BCUT2D eigenvalue weighted by Gasteiger charge is 2.28. The van der Waals surface area contributed by atoms with Crippen LogP contribution in [-0.2, 0) is 0 Å². The van der Waals surface area contributed by atoms with Crippen molar-refractivity contribution < 1.29 is 5.11 Å². The first kappa shape index (κ1) is 13.1. The van der Waals surface area contributed by atoms with Crippen LogP contribution in [0.25, 0.3) is 0 Å². The van der Waals surface area contributed by atoms with Gasteiger partial charge in [0.05, 0.1) is 6.10 Å². The molecule has 1 aliphatic carbocycles. The van der Waals surface area contributed by atoms with E-state index in [9.17, 15) is 5.11 Å². The van der Waals surface area contributed by atoms with Crippen LogP contribution in [0.5, 0.6) is 0 Å². The van der Waals surface area contributed by atoms with Crippen molar-refractivity contribution in [3.05, 3.63) is 21.4 Å². The molecule has 0 spiro atoms. The van der Waals surface area contributed by atoms with Crippen molar-refractivity contribution in [2.75, 3.05) is 0 Å². The molecular formula is C15H24OS. The average Bonchev–Trinajstić information content (AvgIpc) is 2.67. The molecule has 0 radical (unpaired) electrons. The lowest BCUT2D eigenvalue weighted by molar-refractivity contribution is 0.0677. The highest BCUT2D eigenvalue weighted by molar-refractivity contribution is 7.12. The molecule has 0 aromatic carbocycles. The summed E-state index contributed by atoms with van der Waals surface area (Å²) in [6, 6.07) is 2.18. The van der Waals surface area contributed by atoms with Crippen molar-refractivity contribution in [3.63, 3.8) is 0 Å². The Kier molecular flexibility index (Phi) is 4.26. The smallest absolute Gasteiger partial charge is 0.0829 e. The van der Waals surface area contributed by atoms with E-state index in [1.54, 1.807) is 0 Å². The normalized spacial score (nSPS) is 27.1. The van der Waals surface area contributed by atoms with Gasteiger partial charge in [0.25, 0.3) is 0 Å². The van der Waals surface area contributed by atoms with E-state index in [1.165, 1.54) is 47.4 Å². The van der Waals surface area contributed by atoms with Gasteiger partial charge in [-0.05, 0) is 50.2 Å². The lowest BCUT2D eigenvalue weighted by Crippen LogP contribution is -2.21. The van der Waals surface area contributed by atoms with Gasteiger partial charge in [0, 0.05) is 9.75 Å². The van der Waals surface area contributed by atoms with Crippen molar-refractivity contribution in [2.24, 2.45) is 11.8 Å². The number of aryl methyl sites for hydroxylation is 2. The van der Waals surface area contributed by atoms with Gasteiger partial charge in [0.1, 0.15) is 0 Å². The van der Waals surface area contributed by atoms with Crippen LogP contribution in [0.3, 0.4) is 0 Å². The lowest BCUT2D eigenvalue weighted by Gasteiger charge is -2.31. The Morgan fingerprint density at radius 2 is 2.18 bits per heavy atom. The van der Waals surface area contributed by atoms with Crippen molar-refractivity contribution in [2.45, 2.75) is 59.0 Å². The van der Waals surface area contributed by atoms with Crippen LogP contribution >= 0.6 is 11.3 Å². The van der Waals surface area contributed by atoms with Gasteiger partial charge in [0.15, 0.2) is 0 Å². The van der Waals surface area contributed by atoms with E-state index in [0.717, 1.165) is 5.92 Å². The summed E-state index contributed by atoms with van der Waals surface area (Å²) in [4.78, 5) is 2.62. The molecule has 1 heterocycles. The fraction of sp³-hybridized carbons (Fsp3) is 0.733. The zero-order valence-electron chi connectivity index (χ0n) is 11.2. The molecule has 1 aliphatic rings. The molecule has 3 atom stereocenters. The lowest BCUT2D eigenvalue weighted by atomic mass is 9.76. The highest BCUT2D eigenvalue weighted by Crippen LogP contribution is 2.40. The maximum absolute atomic E-state index is 10.6. The van der Waals surface area contributed by atoms with Crippen LogP contribution in [-0.4, -0.2) is 5.11 Å². The molecule has 2 rings (SSSR count). The molecule has 0 bridgehead atoms.